The normalized spacial score (nSPS) is 11.4. The Morgan fingerprint density at radius 2 is 2.16 bits per heavy atom. The smallest absolute Gasteiger partial charge is 0.291 e. The molecule has 3 heterocycles. The second-order valence-corrected chi connectivity index (χ2v) is 5.57. The van der Waals surface area contributed by atoms with Gasteiger partial charge in [-0.05, 0) is 25.1 Å². The van der Waals surface area contributed by atoms with E-state index in [0.717, 1.165) is 22.2 Å². The highest BCUT2D eigenvalue weighted by atomic mass is 16.3. The largest absolute Gasteiger partial charge is 0.460 e. The molecule has 0 unspecified atom stereocenters. The second kappa shape index (κ2) is 6.12. The first-order chi connectivity index (χ1) is 12.2. The number of furan rings is 1. The van der Waals surface area contributed by atoms with Gasteiger partial charge >= 0.3 is 0 Å². The van der Waals surface area contributed by atoms with E-state index >= 15 is 0 Å². The van der Waals surface area contributed by atoms with E-state index in [1.165, 1.54) is 0 Å². The first-order valence-corrected chi connectivity index (χ1v) is 7.72. The second-order valence-electron chi connectivity index (χ2n) is 5.57. The van der Waals surface area contributed by atoms with Crippen LogP contribution in [0.3, 0.4) is 0 Å². The Hall–Kier alpha value is -3.61. The summed E-state index contributed by atoms with van der Waals surface area (Å²) in [6.45, 7) is 1.85. The Morgan fingerprint density at radius 1 is 1.28 bits per heavy atom. The van der Waals surface area contributed by atoms with Crippen molar-refractivity contribution in [1.82, 2.24) is 20.6 Å². The quantitative estimate of drug-likeness (QED) is 0.395. The average Bonchev–Trinajstić information content (AvgIpc) is 3.34. The van der Waals surface area contributed by atoms with Gasteiger partial charge in [-0.2, -0.15) is 10.2 Å². The van der Waals surface area contributed by atoms with Crippen LogP contribution in [0.15, 0.2) is 58.2 Å². The summed E-state index contributed by atoms with van der Waals surface area (Å²) in [6.07, 6.45) is 3.44. The van der Waals surface area contributed by atoms with Gasteiger partial charge in [0.1, 0.15) is 11.5 Å². The zero-order valence-electron chi connectivity index (χ0n) is 13.4. The predicted molar refractivity (Wildman–Crippen MR) is 94.4 cm³/mol. The number of H-pyrrole nitrogens is 2. The Bertz CT molecular complexity index is 1070. The lowest BCUT2D eigenvalue weighted by Gasteiger charge is -1.94. The number of aryl methyl sites for hydroxylation is 1. The van der Waals surface area contributed by atoms with Crippen LogP contribution in [0.2, 0.25) is 0 Å². The summed E-state index contributed by atoms with van der Waals surface area (Å²) >= 11 is 0. The summed E-state index contributed by atoms with van der Waals surface area (Å²) in [7, 11) is 0. The Kier molecular flexibility index (Phi) is 3.66. The number of carbonyl (C=O) groups is 1. The zero-order valence-corrected chi connectivity index (χ0v) is 13.4. The molecule has 1 amide bonds. The fourth-order valence-electron chi connectivity index (χ4n) is 2.56. The topological polar surface area (TPSA) is 99.1 Å². The van der Waals surface area contributed by atoms with Crippen LogP contribution in [0.5, 0.6) is 0 Å². The highest BCUT2D eigenvalue weighted by molar-refractivity contribution is 6.00. The number of nitrogens with zero attached hydrogens (tertiary/aromatic N) is 2. The van der Waals surface area contributed by atoms with Gasteiger partial charge in [0.15, 0.2) is 11.5 Å². The summed E-state index contributed by atoms with van der Waals surface area (Å²) in [5, 5.41) is 11.8. The van der Waals surface area contributed by atoms with Crippen molar-refractivity contribution < 1.29 is 9.21 Å². The summed E-state index contributed by atoms with van der Waals surface area (Å²) in [5.74, 6) is 1.02. The van der Waals surface area contributed by atoms with E-state index in [1.807, 2.05) is 49.5 Å². The SMILES string of the molecule is Cc1ccc(-c2cc(C(=O)N/N=C\c3c[nH]c4ccccc34)n[nH]2)o1. The van der Waals surface area contributed by atoms with Gasteiger partial charge in [-0.3, -0.25) is 9.89 Å². The van der Waals surface area contributed by atoms with Crippen LogP contribution in [0.1, 0.15) is 21.8 Å². The number of rotatable bonds is 4. The average molecular weight is 333 g/mol. The van der Waals surface area contributed by atoms with Gasteiger partial charge in [0.25, 0.3) is 5.91 Å². The fraction of sp³-hybridized carbons (Fsp3) is 0.0556. The maximum Gasteiger partial charge on any atom is 0.291 e. The molecule has 0 fully saturated rings. The number of hydrogen-bond acceptors (Lipinski definition) is 4. The molecule has 0 saturated heterocycles. The zero-order chi connectivity index (χ0) is 17.2. The highest BCUT2D eigenvalue weighted by Gasteiger charge is 2.12. The van der Waals surface area contributed by atoms with E-state index in [0.29, 0.717) is 11.5 Å². The Labute approximate surface area is 142 Å². The van der Waals surface area contributed by atoms with E-state index in [4.69, 9.17) is 4.42 Å². The predicted octanol–water partition coefficient (Wildman–Crippen LogP) is 3.22. The van der Waals surface area contributed by atoms with Crippen molar-refractivity contribution in [2.45, 2.75) is 6.92 Å². The molecule has 0 radical (unpaired) electrons. The molecule has 0 bridgehead atoms. The van der Waals surface area contributed by atoms with Crippen LogP contribution < -0.4 is 5.43 Å². The van der Waals surface area contributed by atoms with Gasteiger partial charge in [0.05, 0.1) is 6.21 Å². The number of benzene rings is 1. The van der Waals surface area contributed by atoms with E-state index in [-0.39, 0.29) is 5.69 Å². The lowest BCUT2D eigenvalue weighted by Crippen LogP contribution is -2.17. The first kappa shape index (κ1) is 14.9. The number of carbonyl (C=O) groups excluding carboxylic acids is 1. The highest BCUT2D eigenvalue weighted by Crippen LogP contribution is 2.20. The number of fused-ring (bicyclic) bond motifs is 1. The van der Waals surface area contributed by atoms with Gasteiger partial charge in [-0.15, -0.1) is 0 Å². The van der Waals surface area contributed by atoms with Gasteiger partial charge in [-0.1, -0.05) is 18.2 Å². The van der Waals surface area contributed by atoms with Crippen molar-refractivity contribution in [3.8, 4) is 11.5 Å². The van der Waals surface area contributed by atoms with Crippen LogP contribution >= 0.6 is 0 Å². The van der Waals surface area contributed by atoms with Crippen LogP contribution in [0.4, 0.5) is 0 Å². The van der Waals surface area contributed by atoms with Crippen molar-refractivity contribution in [1.29, 1.82) is 0 Å². The first-order valence-electron chi connectivity index (χ1n) is 7.72. The lowest BCUT2D eigenvalue weighted by atomic mass is 10.2. The fourth-order valence-corrected chi connectivity index (χ4v) is 2.56. The third-order valence-electron chi connectivity index (χ3n) is 3.81. The Morgan fingerprint density at radius 3 is 3.00 bits per heavy atom. The molecule has 7 heteroatoms. The number of aromatic nitrogens is 3. The number of hydrazone groups is 1. The van der Waals surface area contributed by atoms with Gasteiger partial charge in [0, 0.05) is 28.7 Å². The van der Waals surface area contributed by atoms with Crippen molar-refractivity contribution in [3.05, 3.63) is 65.7 Å². The van der Waals surface area contributed by atoms with Crippen molar-refractivity contribution in [2.75, 3.05) is 0 Å². The summed E-state index contributed by atoms with van der Waals surface area (Å²) in [4.78, 5) is 15.3. The van der Waals surface area contributed by atoms with Crippen LogP contribution in [0.25, 0.3) is 22.4 Å². The summed E-state index contributed by atoms with van der Waals surface area (Å²) in [6, 6.07) is 13.2. The van der Waals surface area contributed by atoms with Gasteiger partial charge in [-0.25, -0.2) is 5.43 Å². The molecule has 0 spiro atoms. The van der Waals surface area contributed by atoms with Gasteiger partial charge < -0.3 is 9.40 Å². The van der Waals surface area contributed by atoms with Crippen molar-refractivity contribution in [3.63, 3.8) is 0 Å². The third-order valence-corrected chi connectivity index (χ3v) is 3.81. The molecule has 4 aromatic rings. The van der Waals surface area contributed by atoms with Crippen LogP contribution in [-0.2, 0) is 0 Å². The minimum Gasteiger partial charge on any atom is -0.460 e. The summed E-state index contributed by atoms with van der Waals surface area (Å²) in [5.41, 5.74) is 5.26. The number of nitrogens with one attached hydrogen (secondary N) is 3. The number of para-hydroxylation sites is 1. The molecule has 25 heavy (non-hydrogen) atoms. The molecular weight excluding hydrogens is 318 g/mol. The molecule has 0 aliphatic carbocycles. The molecule has 4 rings (SSSR count). The third kappa shape index (κ3) is 2.94. The van der Waals surface area contributed by atoms with E-state index < -0.39 is 5.91 Å². The molecule has 0 atom stereocenters. The monoisotopic (exact) mass is 333 g/mol. The number of amides is 1. The van der Waals surface area contributed by atoms with E-state index in [1.54, 1.807) is 12.3 Å². The minimum atomic E-state index is -0.401. The minimum absolute atomic E-state index is 0.236. The standard InChI is InChI=1S/C18H15N5O2/c1-11-6-7-17(25-11)15-8-16(22-21-15)18(24)23-20-10-12-9-19-14-5-3-2-4-13(12)14/h2-10,19H,1H3,(H,21,22)(H,23,24)/b20-10-. The molecule has 3 aromatic heterocycles. The van der Waals surface area contributed by atoms with E-state index in [9.17, 15) is 4.79 Å². The maximum absolute atomic E-state index is 12.1. The molecule has 0 aliphatic rings. The maximum atomic E-state index is 12.1. The van der Waals surface area contributed by atoms with Gasteiger partial charge in [0.2, 0.25) is 0 Å². The van der Waals surface area contributed by atoms with Crippen LogP contribution in [0, 0.1) is 6.92 Å². The molecule has 7 nitrogen and oxygen atoms in total. The van der Waals surface area contributed by atoms with Crippen molar-refractivity contribution >= 4 is 23.0 Å². The number of hydrogen-bond donors (Lipinski definition) is 3. The van der Waals surface area contributed by atoms with E-state index in [2.05, 4.69) is 25.7 Å². The molecular formula is C18H15N5O2. The molecule has 0 aliphatic heterocycles. The molecule has 3 N–H and O–H groups in total. The van der Waals surface area contributed by atoms with Crippen molar-refractivity contribution in [2.24, 2.45) is 5.10 Å². The summed E-state index contributed by atoms with van der Waals surface area (Å²) < 4.78 is 5.50. The Balaban J connectivity index is 1.46. The number of aromatic amines is 2. The molecule has 1 aromatic carbocycles. The molecule has 0 saturated carbocycles. The van der Waals surface area contributed by atoms with Crippen LogP contribution in [-0.4, -0.2) is 27.3 Å². The lowest BCUT2D eigenvalue weighted by molar-refractivity contribution is 0.0950. The molecule has 124 valence electrons.